The van der Waals surface area contributed by atoms with E-state index in [1.807, 2.05) is 6.92 Å². The van der Waals surface area contributed by atoms with Crippen LogP contribution < -0.4 is 5.32 Å². The molecule has 1 aliphatic rings. The number of aliphatic hydroxyl groups is 7. The van der Waals surface area contributed by atoms with Gasteiger partial charge in [-0.1, -0.05) is 162 Å². The Morgan fingerprint density at radius 2 is 1.00 bits per heavy atom. The molecule has 9 atom stereocenters. The molecule has 0 aromatic heterocycles. The number of amides is 1. The zero-order valence-electron chi connectivity index (χ0n) is 31.2. The fraction of sp³-hybridized carbons (Fsp3) is 0.974. The Morgan fingerprint density at radius 1 is 0.592 bits per heavy atom. The number of hydrogen-bond acceptors (Lipinski definition) is 9. The summed E-state index contributed by atoms with van der Waals surface area (Å²) in [5, 5.41) is 75.8. The second-order valence-electron chi connectivity index (χ2n) is 14.8. The Morgan fingerprint density at radius 3 is 1.43 bits per heavy atom. The summed E-state index contributed by atoms with van der Waals surface area (Å²) in [4.78, 5) is 12.9. The molecule has 1 aliphatic heterocycles. The highest BCUT2D eigenvalue weighted by atomic mass is 16.6. The molecule has 1 amide bonds. The smallest absolute Gasteiger partial charge is 0.220 e. The monoisotopic (exact) mass is 704 g/mol. The van der Waals surface area contributed by atoms with Crippen molar-refractivity contribution >= 4 is 5.91 Å². The zero-order chi connectivity index (χ0) is 36.3. The first-order chi connectivity index (χ1) is 23.7. The lowest BCUT2D eigenvalue weighted by atomic mass is 9.86. The molecule has 4 unspecified atom stereocenters. The third kappa shape index (κ3) is 20.1. The van der Waals surface area contributed by atoms with Crippen LogP contribution in [-0.2, 0) is 9.53 Å². The van der Waals surface area contributed by atoms with Gasteiger partial charge < -0.3 is 45.8 Å². The number of hydrogen-bond donors (Lipinski definition) is 8. The maximum Gasteiger partial charge on any atom is 0.220 e. The minimum absolute atomic E-state index is 0.176. The Labute approximate surface area is 298 Å². The van der Waals surface area contributed by atoms with Crippen LogP contribution in [0.2, 0.25) is 0 Å². The molecule has 49 heavy (non-hydrogen) atoms. The van der Waals surface area contributed by atoms with Crippen molar-refractivity contribution in [3.8, 4) is 0 Å². The molecule has 0 radical (unpaired) electrons. The number of nitrogens with one attached hydrogen (secondary N) is 1. The molecular formula is C39H77NO9. The fourth-order valence-corrected chi connectivity index (χ4v) is 6.98. The van der Waals surface area contributed by atoms with Crippen LogP contribution in [-0.4, -0.2) is 103 Å². The van der Waals surface area contributed by atoms with Crippen LogP contribution >= 0.6 is 0 Å². The molecule has 1 heterocycles. The van der Waals surface area contributed by atoms with Gasteiger partial charge in [0.15, 0.2) is 0 Å². The number of rotatable bonds is 32. The number of carbonyl (C=O) groups is 1. The molecule has 0 aromatic rings. The summed E-state index contributed by atoms with van der Waals surface area (Å²) < 4.78 is 5.49. The van der Waals surface area contributed by atoms with Gasteiger partial charge in [0.05, 0.1) is 18.8 Å². The predicted molar refractivity (Wildman–Crippen MR) is 195 cm³/mol. The first-order valence-corrected chi connectivity index (χ1v) is 20.3. The van der Waals surface area contributed by atoms with E-state index in [0.717, 1.165) is 32.1 Å². The van der Waals surface area contributed by atoms with Crippen LogP contribution in [0.5, 0.6) is 0 Å². The molecule has 292 valence electrons. The van der Waals surface area contributed by atoms with Crippen molar-refractivity contribution in [1.29, 1.82) is 0 Å². The number of ether oxygens (including phenoxy) is 1. The van der Waals surface area contributed by atoms with Gasteiger partial charge >= 0.3 is 0 Å². The van der Waals surface area contributed by atoms with Crippen molar-refractivity contribution < 1.29 is 45.3 Å². The van der Waals surface area contributed by atoms with Crippen molar-refractivity contribution in [2.75, 3.05) is 6.61 Å². The highest BCUT2D eigenvalue weighted by molar-refractivity contribution is 5.76. The van der Waals surface area contributed by atoms with E-state index in [4.69, 9.17) is 4.74 Å². The van der Waals surface area contributed by atoms with E-state index in [1.165, 1.54) is 109 Å². The van der Waals surface area contributed by atoms with Gasteiger partial charge in [-0.15, -0.1) is 0 Å². The molecule has 8 N–H and O–H groups in total. The molecule has 0 aliphatic carbocycles. The number of carbonyl (C=O) groups excluding carboxylic acids is 1. The zero-order valence-corrected chi connectivity index (χ0v) is 31.2. The first-order valence-electron chi connectivity index (χ1n) is 20.3. The van der Waals surface area contributed by atoms with E-state index >= 15 is 0 Å². The van der Waals surface area contributed by atoms with Gasteiger partial charge in [-0.2, -0.15) is 0 Å². The molecule has 1 rings (SSSR count). The molecule has 1 saturated heterocycles. The van der Waals surface area contributed by atoms with Crippen LogP contribution in [0.4, 0.5) is 0 Å². The topological polar surface area (TPSA) is 180 Å². The standard InChI is InChI=1S/C39H77NO9/c1-3-5-7-8-9-10-11-12-13-14-15-16-17-18-19-20-21-22-23-24-26-28-32(43)40-33(34(44)30(42)27-25-6-4-2)36(46)39-38(48)37(47)35(45)31(29-41)49-39/h30-31,33-39,41-42,44-48H,3-29H2,1-2H3,(H,40,43)/t30?,31-,33?,34?,35+,36?,37+,38-,39-/m1/s1. The van der Waals surface area contributed by atoms with Gasteiger partial charge in [0.2, 0.25) is 5.91 Å². The van der Waals surface area contributed by atoms with Gasteiger partial charge in [0, 0.05) is 6.42 Å². The third-order valence-corrected chi connectivity index (χ3v) is 10.3. The highest BCUT2D eigenvalue weighted by Crippen LogP contribution is 2.26. The second-order valence-corrected chi connectivity index (χ2v) is 14.8. The highest BCUT2D eigenvalue weighted by Gasteiger charge is 2.49. The molecule has 0 aromatic carbocycles. The summed E-state index contributed by atoms with van der Waals surface area (Å²) in [6, 6.07) is -1.40. The average molecular weight is 704 g/mol. The van der Waals surface area contributed by atoms with Gasteiger partial charge in [-0.05, 0) is 12.8 Å². The van der Waals surface area contributed by atoms with Crippen LogP contribution in [0.1, 0.15) is 181 Å². The van der Waals surface area contributed by atoms with Crippen molar-refractivity contribution in [2.45, 2.75) is 236 Å². The molecule has 0 bridgehead atoms. The molecule has 10 nitrogen and oxygen atoms in total. The van der Waals surface area contributed by atoms with Crippen molar-refractivity contribution in [3.05, 3.63) is 0 Å². The Balaban J connectivity index is 2.28. The largest absolute Gasteiger partial charge is 0.394 e. The van der Waals surface area contributed by atoms with Gasteiger partial charge in [0.25, 0.3) is 0 Å². The van der Waals surface area contributed by atoms with E-state index in [9.17, 15) is 40.5 Å². The van der Waals surface area contributed by atoms with E-state index < -0.39 is 67.4 Å². The Kier molecular flexibility index (Phi) is 28.0. The maximum atomic E-state index is 12.9. The van der Waals surface area contributed by atoms with Crippen LogP contribution in [0.25, 0.3) is 0 Å². The Bertz CT molecular complexity index is 773. The van der Waals surface area contributed by atoms with Crippen molar-refractivity contribution in [3.63, 3.8) is 0 Å². The molecule has 1 fully saturated rings. The average Bonchev–Trinajstić information content (AvgIpc) is 3.09. The molecular weight excluding hydrogens is 626 g/mol. The second kappa shape index (κ2) is 29.7. The molecule has 10 heteroatoms. The van der Waals surface area contributed by atoms with E-state index in [2.05, 4.69) is 12.2 Å². The van der Waals surface area contributed by atoms with Gasteiger partial charge in [-0.3, -0.25) is 4.79 Å². The molecule has 0 spiro atoms. The lowest BCUT2D eigenvalue weighted by molar-refractivity contribution is -0.254. The van der Waals surface area contributed by atoms with Crippen LogP contribution in [0.3, 0.4) is 0 Å². The summed E-state index contributed by atoms with van der Waals surface area (Å²) in [6.45, 7) is 3.61. The Hall–Kier alpha value is -0.850. The van der Waals surface area contributed by atoms with Crippen molar-refractivity contribution in [1.82, 2.24) is 5.32 Å². The van der Waals surface area contributed by atoms with Crippen LogP contribution in [0.15, 0.2) is 0 Å². The SMILES string of the molecule is CCCCCCCCCCCCCCCCCCCCCCCC(=O)NC(C(O)C(O)CCCCC)C(O)[C@H]1O[C@H](CO)[C@H](O)[C@H](O)[C@H]1O. The third-order valence-electron chi connectivity index (χ3n) is 10.3. The van der Waals surface area contributed by atoms with Gasteiger partial charge in [0.1, 0.15) is 42.7 Å². The summed E-state index contributed by atoms with van der Waals surface area (Å²) in [6.07, 6.45) is 17.2. The lowest BCUT2D eigenvalue weighted by Gasteiger charge is -2.44. The van der Waals surface area contributed by atoms with E-state index in [0.29, 0.717) is 12.8 Å². The normalized spacial score (nSPS) is 23.7. The summed E-state index contributed by atoms with van der Waals surface area (Å²) >= 11 is 0. The van der Waals surface area contributed by atoms with E-state index in [1.54, 1.807) is 0 Å². The maximum absolute atomic E-state index is 12.9. The quantitative estimate of drug-likeness (QED) is 0.0415. The summed E-state index contributed by atoms with van der Waals surface area (Å²) in [5.74, 6) is -0.411. The first kappa shape index (κ1) is 46.2. The lowest BCUT2D eigenvalue weighted by Crippen LogP contribution is -2.66. The minimum Gasteiger partial charge on any atom is -0.394 e. The number of aliphatic hydroxyl groups excluding tert-OH is 7. The summed E-state index contributed by atoms with van der Waals surface area (Å²) in [5.41, 5.74) is 0. The number of unbranched alkanes of at least 4 members (excludes halogenated alkanes) is 22. The van der Waals surface area contributed by atoms with E-state index in [-0.39, 0.29) is 12.8 Å². The van der Waals surface area contributed by atoms with Crippen LogP contribution in [0, 0.1) is 0 Å². The van der Waals surface area contributed by atoms with Crippen molar-refractivity contribution in [2.24, 2.45) is 0 Å². The fourth-order valence-electron chi connectivity index (χ4n) is 6.98. The predicted octanol–water partition coefficient (Wildman–Crippen LogP) is 5.58. The van der Waals surface area contributed by atoms with Gasteiger partial charge in [-0.25, -0.2) is 0 Å². The molecule has 0 saturated carbocycles. The summed E-state index contributed by atoms with van der Waals surface area (Å²) in [7, 11) is 0. The minimum atomic E-state index is -1.74.